The van der Waals surface area contributed by atoms with E-state index in [2.05, 4.69) is 0 Å². The molecule has 0 N–H and O–H groups in total. The van der Waals surface area contributed by atoms with E-state index in [1.54, 1.807) is 0 Å². The average molecular weight is 212 g/mol. The van der Waals surface area contributed by atoms with Crippen LogP contribution in [0, 0.1) is 17.8 Å². The van der Waals surface area contributed by atoms with Crippen LogP contribution < -0.4 is 0 Å². The van der Waals surface area contributed by atoms with Crippen LogP contribution >= 0.6 is 0 Å². The molecular formula is C13H24O2. The highest BCUT2D eigenvalue weighted by Crippen LogP contribution is 2.49. The zero-order valence-corrected chi connectivity index (χ0v) is 9.91. The minimum absolute atomic E-state index is 0.757. The van der Waals surface area contributed by atoms with Crippen molar-refractivity contribution in [2.75, 3.05) is 26.4 Å². The van der Waals surface area contributed by atoms with E-state index < -0.39 is 0 Å². The van der Waals surface area contributed by atoms with Crippen molar-refractivity contribution in [1.29, 1.82) is 0 Å². The van der Waals surface area contributed by atoms with Crippen LogP contribution in [0.15, 0.2) is 0 Å². The van der Waals surface area contributed by atoms with Gasteiger partial charge in [-0.15, -0.1) is 0 Å². The lowest BCUT2D eigenvalue weighted by Crippen LogP contribution is -2.14. The Morgan fingerprint density at radius 3 is 2.53 bits per heavy atom. The molecule has 0 aromatic rings. The van der Waals surface area contributed by atoms with Gasteiger partial charge in [0.2, 0.25) is 0 Å². The van der Waals surface area contributed by atoms with Gasteiger partial charge in [0.1, 0.15) is 0 Å². The van der Waals surface area contributed by atoms with E-state index >= 15 is 0 Å². The van der Waals surface area contributed by atoms with Gasteiger partial charge in [0.05, 0.1) is 13.2 Å². The molecule has 2 bridgehead atoms. The van der Waals surface area contributed by atoms with Gasteiger partial charge in [-0.3, -0.25) is 0 Å². The fraction of sp³-hybridized carbons (Fsp3) is 1.00. The number of ether oxygens (including phenoxy) is 2. The van der Waals surface area contributed by atoms with E-state index in [-0.39, 0.29) is 0 Å². The van der Waals surface area contributed by atoms with Crippen LogP contribution in [0.3, 0.4) is 0 Å². The number of hydrogen-bond donors (Lipinski definition) is 0. The zero-order chi connectivity index (χ0) is 10.5. The fourth-order valence-corrected chi connectivity index (χ4v) is 3.33. The Kier molecular flexibility index (Phi) is 4.45. The molecule has 15 heavy (non-hydrogen) atoms. The lowest BCUT2D eigenvalue weighted by molar-refractivity contribution is 0.0446. The molecule has 0 aliphatic heterocycles. The predicted molar refractivity (Wildman–Crippen MR) is 60.9 cm³/mol. The molecular weight excluding hydrogens is 188 g/mol. The summed E-state index contributed by atoms with van der Waals surface area (Å²) in [5.41, 5.74) is 0. The first-order chi connectivity index (χ1) is 7.40. The lowest BCUT2D eigenvalue weighted by atomic mass is 9.87. The second-order valence-electron chi connectivity index (χ2n) is 5.03. The largest absolute Gasteiger partial charge is 0.379 e. The molecule has 0 aromatic carbocycles. The molecule has 2 aliphatic rings. The Bertz CT molecular complexity index is 181. The van der Waals surface area contributed by atoms with Crippen molar-refractivity contribution < 1.29 is 9.47 Å². The van der Waals surface area contributed by atoms with Crippen molar-refractivity contribution in [3.05, 3.63) is 0 Å². The Hall–Kier alpha value is -0.0800. The van der Waals surface area contributed by atoms with Gasteiger partial charge in [-0.05, 0) is 50.4 Å². The molecule has 2 fully saturated rings. The van der Waals surface area contributed by atoms with E-state index in [1.165, 1.54) is 32.1 Å². The van der Waals surface area contributed by atoms with Crippen molar-refractivity contribution >= 4 is 0 Å². The standard InChI is InChI=1S/C13H24O2/c1-2-14-7-8-15-6-5-13-10-11-3-4-12(13)9-11/h11-13H,2-10H2,1H3. The lowest BCUT2D eigenvalue weighted by Gasteiger charge is -2.21. The Morgan fingerprint density at radius 2 is 1.87 bits per heavy atom. The van der Waals surface area contributed by atoms with E-state index in [4.69, 9.17) is 9.47 Å². The van der Waals surface area contributed by atoms with Gasteiger partial charge in [0.15, 0.2) is 0 Å². The van der Waals surface area contributed by atoms with Crippen LogP contribution in [-0.4, -0.2) is 26.4 Å². The average Bonchev–Trinajstić information content (AvgIpc) is 2.85. The van der Waals surface area contributed by atoms with Gasteiger partial charge in [-0.25, -0.2) is 0 Å². The first kappa shape index (κ1) is 11.4. The van der Waals surface area contributed by atoms with Crippen LogP contribution in [0.25, 0.3) is 0 Å². The molecule has 0 aromatic heterocycles. The highest BCUT2D eigenvalue weighted by Gasteiger charge is 2.38. The van der Waals surface area contributed by atoms with Crippen LogP contribution in [-0.2, 0) is 9.47 Å². The van der Waals surface area contributed by atoms with E-state index in [0.717, 1.165) is 44.2 Å². The third-order valence-corrected chi connectivity index (χ3v) is 4.09. The smallest absolute Gasteiger partial charge is 0.0700 e. The van der Waals surface area contributed by atoms with Crippen molar-refractivity contribution in [3.8, 4) is 0 Å². The van der Waals surface area contributed by atoms with Gasteiger partial charge >= 0.3 is 0 Å². The Morgan fingerprint density at radius 1 is 1.00 bits per heavy atom. The first-order valence-electron chi connectivity index (χ1n) is 6.55. The maximum Gasteiger partial charge on any atom is 0.0700 e. The summed E-state index contributed by atoms with van der Waals surface area (Å²) in [4.78, 5) is 0. The molecule has 2 heteroatoms. The quantitative estimate of drug-likeness (QED) is 0.604. The Labute approximate surface area is 93.3 Å². The SMILES string of the molecule is CCOCCOCCC1CC2CCC1C2. The Balaban J connectivity index is 1.48. The van der Waals surface area contributed by atoms with Crippen molar-refractivity contribution in [2.45, 2.75) is 39.0 Å². The molecule has 3 atom stereocenters. The molecule has 2 rings (SSSR count). The van der Waals surface area contributed by atoms with E-state index in [9.17, 15) is 0 Å². The van der Waals surface area contributed by atoms with Crippen molar-refractivity contribution in [3.63, 3.8) is 0 Å². The summed E-state index contributed by atoms with van der Waals surface area (Å²) in [6.07, 6.45) is 7.29. The number of fused-ring (bicyclic) bond motifs is 2. The minimum atomic E-state index is 0.757. The second-order valence-corrected chi connectivity index (χ2v) is 5.03. The highest BCUT2D eigenvalue weighted by atomic mass is 16.5. The first-order valence-corrected chi connectivity index (χ1v) is 6.55. The van der Waals surface area contributed by atoms with Gasteiger partial charge in [0, 0.05) is 13.2 Å². The maximum absolute atomic E-state index is 5.58. The van der Waals surface area contributed by atoms with Crippen LogP contribution in [0.5, 0.6) is 0 Å². The second kappa shape index (κ2) is 5.86. The summed E-state index contributed by atoms with van der Waals surface area (Å²) in [5.74, 6) is 3.10. The molecule has 2 nitrogen and oxygen atoms in total. The summed E-state index contributed by atoms with van der Waals surface area (Å²) in [7, 11) is 0. The summed E-state index contributed by atoms with van der Waals surface area (Å²) in [6, 6.07) is 0. The van der Waals surface area contributed by atoms with Crippen LogP contribution in [0.4, 0.5) is 0 Å². The van der Waals surface area contributed by atoms with E-state index in [0.29, 0.717) is 0 Å². The molecule has 0 radical (unpaired) electrons. The summed E-state index contributed by atoms with van der Waals surface area (Å²) < 4.78 is 10.8. The highest BCUT2D eigenvalue weighted by molar-refractivity contribution is 4.89. The third-order valence-electron chi connectivity index (χ3n) is 4.09. The molecule has 2 aliphatic carbocycles. The molecule has 0 saturated heterocycles. The summed E-state index contributed by atoms with van der Waals surface area (Å²) >= 11 is 0. The summed E-state index contributed by atoms with van der Waals surface area (Å²) in [6.45, 7) is 5.30. The van der Waals surface area contributed by atoms with Gasteiger partial charge in [-0.2, -0.15) is 0 Å². The molecule has 3 unspecified atom stereocenters. The number of hydrogen-bond acceptors (Lipinski definition) is 2. The van der Waals surface area contributed by atoms with Crippen LogP contribution in [0.2, 0.25) is 0 Å². The van der Waals surface area contributed by atoms with Crippen molar-refractivity contribution in [2.24, 2.45) is 17.8 Å². The van der Waals surface area contributed by atoms with Crippen molar-refractivity contribution in [1.82, 2.24) is 0 Å². The third kappa shape index (κ3) is 3.18. The summed E-state index contributed by atoms with van der Waals surface area (Å²) in [5, 5.41) is 0. The number of rotatable bonds is 7. The monoisotopic (exact) mass is 212 g/mol. The molecule has 0 spiro atoms. The zero-order valence-electron chi connectivity index (χ0n) is 9.91. The molecule has 0 amide bonds. The predicted octanol–water partition coefficient (Wildman–Crippen LogP) is 2.87. The fourth-order valence-electron chi connectivity index (χ4n) is 3.33. The van der Waals surface area contributed by atoms with Crippen LogP contribution in [0.1, 0.15) is 39.0 Å². The van der Waals surface area contributed by atoms with E-state index in [1.807, 2.05) is 6.92 Å². The minimum Gasteiger partial charge on any atom is -0.379 e. The molecule has 2 saturated carbocycles. The normalized spacial score (nSPS) is 33.8. The molecule has 0 heterocycles. The maximum atomic E-state index is 5.58. The van der Waals surface area contributed by atoms with Gasteiger partial charge in [-0.1, -0.05) is 6.42 Å². The van der Waals surface area contributed by atoms with Gasteiger partial charge in [0.25, 0.3) is 0 Å². The van der Waals surface area contributed by atoms with Gasteiger partial charge < -0.3 is 9.47 Å². The molecule has 88 valence electrons. The topological polar surface area (TPSA) is 18.5 Å².